The molecule has 3 rings (SSSR count). The highest BCUT2D eigenvalue weighted by Gasteiger charge is 2.45. The van der Waals surface area contributed by atoms with Crippen LogP contribution in [0.4, 0.5) is 0 Å². The summed E-state index contributed by atoms with van der Waals surface area (Å²) in [5.41, 5.74) is 1.74. The number of hydrogen-bond donors (Lipinski definition) is 1. The summed E-state index contributed by atoms with van der Waals surface area (Å²) in [4.78, 5) is 27.9. The second-order valence-corrected chi connectivity index (χ2v) is 9.44. The van der Waals surface area contributed by atoms with Gasteiger partial charge in [-0.15, -0.1) is 0 Å². The number of nitrogens with zero attached hydrogens (tertiary/aromatic N) is 2. The van der Waals surface area contributed by atoms with Gasteiger partial charge in [-0.05, 0) is 26.7 Å². The lowest BCUT2D eigenvalue weighted by molar-refractivity contribution is -0.147. The van der Waals surface area contributed by atoms with Crippen LogP contribution in [0.1, 0.15) is 51.9 Å². The molecular weight excluding hydrogens is 378 g/mol. The normalized spacial score (nSPS) is 19.6. The van der Waals surface area contributed by atoms with Gasteiger partial charge in [0.25, 0.3) is 0 Å². The number of aryl methyl sites for hydroxylation is 1. The second-order valence-electron chi connectivity index (χ2n) is 9.44. The molecule has 1 aliphatic heterocycles. The maximum atomic E-state index is 13.1. The van der Waals surface area contributed by atoms with Crippen LogP contribution < -0.4 is 5.32 Å². The highest BCUT2D eigenvalue weighted by atomic mass is 16.5. The van der Waals surface area contributed by atoms with Crippen LogP contribution in [0.3, 0.4) is 0 Å². The van der Waals surface area contributed by atoms with E-state index in [1.165, 1.54) is 5.56 Å². The summed E-state index contributed by atoms with van der Waals surface area (Å²) < 4.78 is 5.63. The molecule has 1 N–H and O–H groups in total. The molecule has 0 saturated carbocycles. The molecule has 0 spiro atoms. The van der Waals surface area contributed by atoms with Gasteiger partial charge in [0, 0.05) is 43.1 Å². The molecule has 6 nitrogen and oxygen atoms in total. The number of benzene rings is 1. The maximum absolute atomic E-state index is 13.1. The number of carbonyl (C=O) groups is 2. The van der Waals surface area contributed by atoms with Crippen molar-refractivity contribution in [3.8, 4) is 11.3 Å². The molecule has 162 valence electrons. The molecule has 0 aliphatic carbocycles. The summed E-state index contributed by atoms with van der Waals surface area (Å²) in [6.07, 6.45) is 1.93. The van der Waals surface area contributed by atoms with Crippen LogP contribution in [0, 0.1) is 17.8 Å². The Morgan fingerprint density at radius 1 is 1.23 bits per heavy atom. The number of amides is 2. The first-order chi connectivity index (χ1) is 14.1. The van der Waals surface area contributed by atoms with Gasteiger partial charge < -0.3 is 14.7 Å². The Balaban J connectivity index is 1.86. The van der Waals surface area contributed by atoms with Crippen molar-refractivity contribution in [2.75, 3.05) is 19.6 Å². The smallest absolute Gasteiger partial charge is 0.228 e. The minimum atomic E-state index is -0.709. The molecule has 1 aliphatic rings. The van der Waals surface area contributed by atoms with E-state index >= 15 is 0 Å². The lowest BCUT2D eigenvalue weighted by Crippen LogP contribution is -2.56. The topological polar surface area (TPSA) is 75.4 Å². The van der Waals surface area contributed by atoms with Gasteiger partial charge in [0.15, 0.2) is 0 Å². The SMILES string of the molecule is CCNC(=O)[C@@]1(Cc2cc(-c3ccc(C)cc3)no2)CCCN(C(=O)C(C)(C)C)C1. The van der Waals surface area contributed by atoms with Crippen molar-refractivity contribution in [1.82, 2.24) is 15.4 Å². The Labute approximate surface area is 179 Å². The zero-order valence-electron chi connectivity index (χ0n) is 18.7. The highest BCUT2D eigenvalue weighted by Crippen LogP contribution is 2.36. The Bertz CT molecular complexity index is 895. The summed E-state index contributed by atoms with van der Waals surface area (Å²) in [5.74, 6) is 0.723. The molecule has 30 heavy (non-hydrogen) atoms. The summed E-state index contributed by atoms with van der Waals surface area (Å²) in [6, 6.07) is 10.0. The fourth-order valence-electron chi connectivity index (χ4n) is 4.13. The molecule has 1 aromatic heterocycles. The molecule has 0 bridgehead atoms. The van der Waals surface area contributed by atoms with Crippen molar-refractivity contribution >= 4 is 11.8 Å². The lowest BCUT2D eigenvalue weighted by atomic mass is 9.74. The molecule has 2 heterocycles. The van der Waals surface area contributed by atoms with Crippen molar-refractivity contribution in [2.24, 2.45) is 10.8 Å². The Kier molecular flexibility index (Phi) is 6.34. The third kappa shape index (κ3) is 4.74. The summed E-state index contributed by atoms with van der Waals surface area (Å²) in [6.45, 7) is 11.3. The number of likely N-dealkylation sites (tertiary alicyclic amines) is 1. The van der Waals surface area contributed by atoms with Crippen LogP contribution >= 0.6 is 0 Å². The molecule has 1 saturated heterocycles. The monoisotopic (exact) mass is 411 g/mol. The van der Waals surface area contributed by atoms with E-state index < -0.39 is 10.8 Å². The molecule has 1 aromatic carbocycles. The summed E-state index contributed by atoms with van der Waals surface area (Å²) >= 11 is 0. The Morgan fingerprint density at radius 3 is 2.57 bits per heavy atom. The van der Waals surface area contributed by atoms with Gasteiger partial charge in [-0.2, -0.15) is 0 Å². The number of piperidine rings is 1. The molecule has 2 amide bonds. The number of hydrogen-bond acceptors (Lipinski definition) is 4. The number of nitrogens with one attached hydrogen (secondary N) is 1. The van der Waals surface area contributed by atoms with E-state index in [0.717, 1.165) is 17.7 Å². The molecule has 6 heteroatoms. The third-order valence-corrected chi connectivity index (χ3v) is 5.74. The van der Waals surface area contributed by atoms with Gasteiger partial charge in [-0.25, -0.2) is 0 Å². The van der Waals surface area contributed by atoms with Crippen molar-refractivity contribution in [2.45, 2.75) is 53.9 Å². The minimum Gasteiger partial charge on any atom is -0.361 e. The fourth-order valence-corrected chi connectivity index (χ4v) is 4.13. The third-order valence-electron chi connectivity index (χ3n) is 5.74. The Hall–Kier alpha value is -2.63. The van der Waals surface area contributed by atoms with Gasteiger partial charge in [0.05, 0.1) is 5.41 Å². The fraction of sp³-hybridized carbons (Fsp3) is 0.542. The highest BCUT2D eigenvalue weighted by molar-refractivity contribution is 5.86. The van der Waals surface area contributed by atoms with Crippen molar-refractivity contribution in [1.29, 1.82) is 0 Å². The van der Waals surface area contributed by atoms with Crippen molar-refractivity contribution < 1.29 is 14.1 Å². The van der Waals surface area contributed by atoms with Crippen LogP contribution in [0.25, 0.3) is 11.3 Å². The van der Waals surface area contributed by atoms with E-state index in [9.17, 15) is 9.59 Å². The largest absolute Gasteiger partial charge is 0.361 e. The zero-order valence-corrected chi connectivity index (χ0v) is 18.7. The average molecular weight is 412 g/mol. The number of carbonyl (C=O) groups excluding carboxylic acids is 2. The molecule has 0 unspecified atom stereocenters. The predicted molar refractivity (Wildman–Crippen MR) is 117 cm³/mol. The molecule has 0 radical (unpaired) electrons. The van der Waals surface area contributed by atoms with Gasteiger partial charge in [0.1, 0.15) is 11.5 Å². The molecule has 1 atom stereocenters. The molecule has 1 fully saturated rings. The van der Waals surface area contributed by atoms with Gasteiger partial charge in [-0.1, -0.05) is 55.8 Å². The van der Waals surface area contributed by atoms with E-state index in [2.05, 4.69) is 10.5 Å². The predicted octanol–water partition coefficient (Wildman–Crippen LogP) is 3.98. The van der Waals surface area contributed by atoms with E-state index in [1.54, 1.807) is 0 Å². The molecule has 2 aromatic rings. The van der Waals surface area contributed by atoms with Crippen molar-refractivity contribution in [3.63, 3.8) is 0 Å². The second kappa shape index (κ2) is 8.62. The minimum absolute atomic E-state index is 0.0234. The zero-order chi connectivity index (χ0) is 21.9. The number of aromatic nitrogens is 1. The summed E-state index contributed by atoms with van der Waals surface area (Å²) in [7, 11) is 0. The van der Waals surface area contributed by atoms with E-state index in [1.807, 2.05) is 69.9 Å². The van der Waals surface area contributed by atoms with Crippen LogP contribution in [0.15, 0.2) is 34.9 Å². The quantitative estimate of drug-likeness (QED) is 0.807. The van der Waals surface area contributed by atoms with Crippen molar-refractivity contribution in [3.05, 3.63) is 41.7 Å². The van der Waals surface area contributed by atoms with Crippen LogP contribution in [-0.4, -0.2) is 41.5 Å². The summed E-state index contributed by atoms with van der Waals surface area (Å²) in [5, 5.41) is 7.20. The van der Waals surface area contributed by atoms with Gasteiger partial charge >= 0.3 is 0 Å². The number of rotatable bonds is 5. The first-order valence-electron chi connectivity index (χ1n) is 10.7. The van der Waals surface area contributed by atoms with E-state index in [4.69, 9.17) is 4.52 Å². The van der Waals surface area contributed by atoms with Crippen LogP contribution in [-0.2, 0) is 16.0 Å². The van der Waals surface area contributed by atoms with E-state index in [0.29, 0.717) is 38.2 Å². The Morgan fingerprint density at radius 2 is 1.93 bits per heavy atom. The molecular formula is C24H33N3O3. The first kappa shape index (κ1) is 22.1. The van der Waals surface area contributed by atoms with Crippen LogP contribution in [0.2, 0.25) is 0 Å². The lowest BCUT2D eigenvalue weighted by Gasteiger charge is -2.43. The van der Waals surface area contributed by atoms with Crippen LogP contribution in [0.5, 0.6) is 0 Å². The standard InChI is InChI=1S/C24H33N3O3/c1-6-25-21(28)24(12-7-13-27(16-24)22(29)23(3,4)5)15-19-14-20(26-30-19)18-10-8-17(2)9-11-18/h8-11,14H,6-7,12-13,15-16H2,1-5H3,(H,25,28)/t24-/m1/s1. The van der Waals surface area contributed by atoms with Gasteiger partial charge in [0.2, 0.25) is 11.8 Å². The first-order valence-corrected chi connectivity index (χ1v) is 10.7. The maximum Gasteiger partial charge on any atom is 0.228 e. The van der Waals surface area contributed by atoms with E-state index in [-0.39, 0.29) is 11.8 Å². The average Bonchev–Trinajstić information content (AvgIpc) is 3.15. The van der Waals surface area contributed by atoms with Gasteiger partial charge in [-0.3, -0.25) is 9.59 Å².